The summed E-state index contributed by atoms with van der Waals surface area (Å²) >= 11 is 0. The Morgan fingerprint density at radius 3 is 2.19 bits per heavy atom. The summed E-state index contributed by atoms with van der Waals surface area (Å²) in [5.41, 5.74) is 3.91. The maximum atomic E-state index is 12.8. The fourth-order valence-electron chi connectivity index (χ4n) is 2.83. The Morgan fingerprint density at radius 2 is 1.62 bits per heavy atom. The van der Waals surface area contributed by atoms with Crippen molar-refractivity contribution in [1.82, 2.24) is 0 Å². The lowest BCUT2D eigenvalue weighted by Crippen LogP contribution is -2.12. The Labute approximate surface area is 152 Å². The van der Waals surface area contributed by atoms with Gasteiger partial charge < -0.3 is 0 Å². The highest BCUT2D eigenvalue weighted by Gasteiger charge is 2.30. The van der Waals surface area contributed by atoms with Crippen LogP contribution in [0.5, 0.6) is 0 Å². The van der Waals surface area contributed by atoms with Gasteiger partial charge in [0, 0.05) is 19.2 Å². The molecule has 0 N–H and O–H groups in total. The predicted molar refractivity (Wildman–Crippen MR) is 101 cm³/mol. The van der Waals surface area contributed by atoms with Crippen molar-refractivity contribution < 1.29 is 13.2 Å². The molecule has 26 heavy (non-hydrogen) atoms. The van der Waals surface area contributed by atoms with Gasteiger partial charge in [0.15, 0.2) is 0 Å². The molecule has 0 amide bonds. The first-order chi connectivity index (χ1) is 12.3. The zero-order chi connectivity index (χ0) is 19.2. The van der Waals surface area contributed by atoms with E-state index in [-0.39, 0.29) is 0 Å². The van der Waals surface area contributed by atoms with Crippen LogP contribution in [0.25, 0.3) is 0 Å². The second-order valence-corrected chi connectivity index (χ2v) is 6.03. The second-order valence-electron chi connectivity index (χ2n) is 6.03. The van der Waals surface area contributed by atoms with E-state index < -0.39 is 11.7 Å². The van der Waals surface area contributed by atoms with Crippen LogP contribution in [0, 0.1) is 0 Å². The summed E-state index contributed by atoms with van der Waals surface area (Å²) < 4.78 is 38.4. The highest BCUT2D eigenvalue weighted by molar-refractivity contribution is 6.47. The van der Waals surface area contributed by atoms with Gasteiger partial charge in [0.05, 0.1) is 17.0 Å². The molecule has 5 heteroatoms. The molecule has 2 aromatic rings. The quantitative estimate of drug-likeness (QED) is 0.617. The lowest BCUT2D eigenvalue weighted by molar-refractivity contribution is -0.137. The molecule has 0 atom stereocenters. The summed E-state index contributed by atoms with van der Waals surface area (Å²) in [6.45, 7) is 4.63. The van der Waals surface area contributed by atoms with Gasteiger partial charge in [0.2, 0.25) is 0 Å². The first-order valence-electron chi connectivity index (χ1n) is 8.58. The molecule has 0 radical (unpaired) electrons. The van der Waals surface area contributed by atoms with Gasteiger partial charge in [0.1, 0.15) is 0 Å². The van der Waals surface area contributed by atoms with Gasteiger partial charge >= 0.3 is 6.18 Å². The van der Waals surface area contributed by atoms with E-state index in [0.717, 1.165) is 28.6 Å². The van der Waals surface area contributed by atoms with Crippen LogP contribution in [-0.4, -0.2) is 25.0 Å². The van der Waals surface area contributed by atoms with Crippen molar-refractivity contribution in [2.75, 3.05) is 13.6 Å². The van der Waals surface area contributed by atoms with Crippen molar-refractivity contribution in [3.63, 3.8) is 0 Å². The Morgan fingerprint density at radius 1 is 0.962 bits per heavy atom. The summed E-state index contributed by atoms with van der Waals surface area (Å²) in [6.07, 6.45) is -3.05. The monoisotopic (exact) mass is 360 g/mol. The summed E-state index contributed by atoms with van der Waals surface area (Å²) in [5, 5.41) is 0. The minimum atomic E-state index is -4.30. The minimum absolute atomic E-state index is 0.564. The van der Waals surface area contributed by atoms with Gasteiger partial charge in [-0.15, -0.1) is 0 Å². The van der Waals surface area contributed by atoms with Crippen LogP contribution in [0.4, 0.5) is 13.2 Å². The van der Waals surface area contributed by atoms with Crippen LogP contribution in [0.1, 0.15) is 36.1 Å². The number of aryl methyl sites for hydroxylation is 2. The summed E-state index contributed by atoms with van der Waals surface area (Å²) in [5.74, 6) is 0. The van der Waals surface area contributed by atoms with E-state index in [1.54, 1.807) is 13.1 Å². The standard InChI is InChI=1S/C21H23F3N2/c1-4-26-15(2)20(25-3)18-12-10-16(11-13-18)8-9-17-6-5-7-19(14-17)21(22,23)24/h5-7,10-14H,4,8-9H2,1-3H3. The predicted octanol–water partition coefficient (Wildman–Crippen LogP) is 5.39. The zero-order valence-electron chi connectivity index (χ0n) is 15.3. The number of alkyl halides is 3. The summed E-state index contributed by atoms with van der Waals surface area (Å²) in [7, 11) is 1.74. The Bertz CT molecular complexity index is 788. The largest absolute Gasteiger partial charge is 0.416 e. The Balaban J connectivity index is 2.07. The number of benzene rings is 2. The number of nitrogens with zero attached hydrogens (tertiary/aromatic N) is 2. The fourth-order valence-corrected chi connectivity index (χ4v) is 2.83. The van der Waals surface area contributed by atoms with E-state index >= 15 is 0 Å². The van der Waals surface area contributed by atoms with Gasteiger partial charge in [-0.2, -0.15) is 13.2 Å². The average molecular weight is 360 g/mol. The third kappa shape index (κ3) is 5.28. The molecule has 138 valence electrons. The molecule has 0 fully saturated rings. The summed E-state index contributed by atoms with van der Waals surface area (Å²) in [6, 6.07) is 13.5. The highest BCUT2D eigenvalue weighted by atomic mass is 19.4. The second kappa shape index (κ2) is 8.79. The maximum absolute atomic E-state index is 12.8. The van der Waals surface area contributed by atoms with Gasteiger partial charge in [-0.05, 0) is 43.9 Å². The molecule has 0 aliphatic carbocycles. The lowest BCUT2D eigenvalue weighted by Gasteiger charge is -2.09. The van der Waals surface area contributed by atoms with Crippen molar-refractivity contribution in [1.29, 1.82) is 0 Å². The topological polar surface area (TPSA) is 24.7 Å². The van der Waals surface area contributed by atoms with Crippen molar-refractivity contribution in [3.8, 4) is 0 Å². The molecule has 2 nitrogen and oxygen atoms in total. The first-order valence-corrected chi connectivity index (χ1v) is 8.58. The van der Waals surface area contributed by atoms with Crippen LogP contribution in [0.2, 0.25) is 0 Å². The third-order valence-corrected chi connectivity index (χ3v) is 4.15. The van der Waals surface area contributed by atoms with Gasteiger partial charge in [-0.25, -0.2) is 0 Å². The SMILES string of the molecule is CCN=C(C)C(=NC)c1ccc(CCc2cccc(C(F)(F)F)c2)cc1. The van der Waals surface area contributed by atoms with Crippen molar-refractivity contribution in [3.05, 3.63) is 70.8 Å². The molecule has 0 unspecified atom stereocenters. The molecule has 0 aliphatic rings. The van der Waals surface area contributed by atoms with E-state index in [9.17, 15) is 13.2 Å². The van der Waals surface area contributed by atoms with E-state index in [0.29, 0.717) is 24.9 Å². The molecule has 2 rings (SSSR count). The highest BCUT2D eigenvalue weighted by Crippen LogP contribution is 2.29. The van der Waals surface area contributed by atoms with Crippen LogP contribution < -0.4 is 0 Å². The number of hydrogen-bond acceptors (Lipinski definition) is 2. The fraction of sp³-hybridized carbons (Fsp3) is 0.333. The van der Waals surface area contributed by atoms with Crippen molar-refractivity contribution in [2.24, 2.45) is 9.98 Å². The molecule has 0 spiro atoms. The molecule has 0 aromatic heterocycles. The number of rotatable bonds is 6. The molecule has 0 bridgehead atoms. The number of hydrogen-bond donors (Lipinski definition) is 0. The van der Waals surface area contributed by atoms with Crippen molar-refractivity contribution >= 4 is 11.4 Å². The van der Waals surface area contributed by atoms with Crippen LogP contribution >= 0.6 is 0 Å². The van der Waals surface area contributed by atoms with E-state index in [1.807, 2.05) is 38.1 Å². The van der Waals surface area contributed by atoms with E-state index in [4.69, 9.17) is 0 Å². The number of halogens is 3. The minimum Gasteiger partial charge on any atom is -0.288 e. The van der Waals surface area contributed by atoms with Gasteiger partial charge in [0.25, 0.3) is 0 Å². The third-order valence-electron chi connectivity index (χ3n) is 4.15. The Kier molecular flexibility index (Phi) is 6.72. The van der Waals surface area contributed by atoms with Gasteiger partial charge in [-0.1, -0.05) is 42.5 Å². The van der Waals surface area contributed by atoms with Gasteiger partial charge in [-0.3, -0.25) is 9.98 Å². The number of aliphatic imine (C=N–C) groups is 2. The molecular weight excluding hydrogens is 337 g/mol. The van der Waals surface area contributed by atoms with E-state index in [1.165, 1.54) is 12.1 Å². The molecule has 0 heterocycles. The average Bonchev–Trinajstić information content (AvgIpc) is 2.61. The summed E-state index contributed by atoms with van der Waals surface area (Å²) in [4.78, 5) is 8.70. The zero-order valence-corrected chi connectivity index (χ0v) is 15.3. The molecule has 0 aliphatic heterocycles. The normalized spacial score (nSPS) is 13.2. The molecule has 0 saturated carbocycles. The van der Waals surface area contributed by atoms with Crippen LogP contribution in [-0.2, 0) is 19.0 Å². The maximum Gasteiger partial charge on any atom is 0.416 e. The lowest BCUT2D eigenvalue weighted by atomic mass is 9.99. The van der Waals surface area contributed by atoms with Crippen LogP contribution in [0.3, 0.4) is 0 Å². The molecule has 2 aromatic carbocycles. The smallest absolute Gasteiger partial charge is 0.288 e. The van der Waals surface area contributed by atoms with E-state index in [2.05, 4.69) is 9.98 Å². The molecule has 0 saturated heterocycles. The first kappa shape index (κ1) is 19.9. The molecular formula is C21H23F3N2. The Hall–Kier alpha value is -2.43. The van der Waals surface area contributed by atoms with Crippen molar-refractivity contribution in [2.45, 2.75) is 32.9 Å². The van der Waals surface area contributed by atoms with Crippen LogP contribution in [0.15, 0.2) is 58.5 Å².